The van der Waals surface area contributed by atoms with Gasteiger partial charge in [-0.3, -0.25) is 19.3 Å². The normalized spacial score (nSPS) is 15.0. The number of rotatable bonds is 1. The van der Waals surface area contributed by atoms with Gasteiger partial charge in [0.1, 0.15) is 4.90 Å². The lowest BCUT2D eigenvalue weighted by molar-refractivity contribution is -0.0328. The van der Waals surface area contributed by atoms with Crippen molar-refractivity contribution in [1.29, 1.82) is 0 Å². The quantitative estimate of drug-likeness (QED) is 0.462. The Morgan fingerprint density at radius 3 is 2.25 bits per heavy atom. The van der Waals surface area contributed by atoms with Crippen LogP contribution in [0.5, 0.6) is 0 Å². The van der Waals surface area contributed by atoms with Crippen molar-refractivity contribution in [3.8, 4) is 0 Å². The molecule has 0 aliphatic carbocycles. The fraction of sp³-hybridized carbons (Fsp3) is 0. The first kappa shape index (κ1) is 12.7. The van der Waals surface area contributed by atoms with Crippen LogP contribution in [0, 0.1) is 0 Å². The van der Waals surface area contributed by atoms with Gasteiger partial charge in [-0.1, -0.05) is 24.3 Å². The number of imide groups is 1. The van der Waals surface area contributed by atoms with E-state index in [0.29, 0.717) is 10.8 Å². The predicted molar refractivity (Wildman–Crippen MR) is 66.0 cm³/mol. The Kier molecular flexibility index (Phi) is 2.45. The Morgan fingerprint density at radius 1 is 1.00 bits per heavy atom. The molecule has 3 rings (SSSR count). The highest BCUT2D eigenvalue weighted by atomic mass is 32.2. The zero-order valence-electron chi connectivity index (χ0n) is 9.77. The topological polar surface area (TPSA) is 112 Å². The number of carbonyl (C=O) groups excluding carboxylic acids is 2. The average Bonchev–Trinajstić information content (AvgIpc) is 2.62. The summed E-state index contributed by atoms with van der Waals surface area (Å²) in [7, 11) is -4.71. The largest absolute Gasteiger partial charge is 0.295 e. The first-order valence-electron chi connectivity index (χ1n) is 5.43. The molecule has 7 nitrogen and oxygen atoms in total. The van der Waals surface area contributed by atoms with Crippen molar-refractivity contribution in [3.05, 3.63) is 41.5 Å². The molecule has 2 aromatic rings. The molecule has 0 fully saturated rings. The summed E-state index contributed by atoms with van der Waals surface area (Å²) in [6.07, 6.45) is 0. The minimum atomic E-state index is -4.71. The standard InChI is InChI=1S/C12H7NO6S/c14-11-9-7-4-2-1-3-6(7)5-8(20(17,18)19)10(9)12(15)13(11)16/h1-5,16H,(H,17,18,19). The smallest absolute Gasteiger partial charge is 0.282 e. The van der Waals surface area contributed by atoms with Gasteiger partial charge in [0.05, 0.1) is 11.1 Å². The number of carbonyl (C=O) groups is 2. The van der Waals surface area contributed by atoms with E-state index in [0.717, 1.165) is 6.07 Å². The summed E-state index contributed by atoms with van der Waals surface area (Å²) in [5, 5.41) is 9.91. The molecule has 2 N–H and O–H groups in total. The summed E-state index contributed by atoms with van der Waals surface area (Å²) >= 11 is 0. The maximum atomic E-state index is 11.9. The van der Waals surface area contributed by atoms with Crippen LogP contribution in [0.15, 0.2) is 35.2 Å². The molecule has 2 aromatic carbocycles. The van der Waals surface area contributed by atoms with Crippen molar-refractivity contribution in [2.45, 2.75) is 4.90 Å². The van der Waals surface area contributed by atoms with E-state index >= 15 is 0 Å². The van der Waals surface area contributed by atoms with E-state index in [2.05, 4.69) is 0 Å². The molecule has 1 aliphatic rings. The van der Waals surface area contributed by atoms with Gasteiger partial charge in [0, 0.05) is 0 Å². The second-order valence-corrected chi connectivity index (χ2v) is 5.63. The van der Waals surface area contributed by atoms with Crippen molar-refractivity contribution in [2.75, 3.05) is 0 Å². The van der Waals surface area contributed by atoms with E-state index in [4.69, 9.17) is 0 Å². The van der Waals surface area contributed by atoms with Gasteiger partial charge in [-0.05, 0) is 16.8 Å². The van der Waals surface area contributed by atoms with Gasteiger partial charge in [-0.2, -0.15) is 8.42 Å². The average molecular weight is 293 g/mol. The van der Waals surface area contributed by atoms with E-state index in [1.165, 1.54) is 12.1 Å². The Hall–Kier alpha value is -2.29. The molecular weight excluding hydrogens is 286 g/mol. The molecule has 20 heavy (non-hydrogen) atoms. The summed E-state index contributed by atoms with van der Waals surface area (Å²) in [6, 6.07) is 7.36. The molecule has 1 aliphatic heterocycles. The van der Waals surface area contributed by atoms with E-state index in [1.54, 1.807) is 12.1 Å². The summed E-state index contributed by atoms with van der Waals surface area (Å²) in [6.45, 7) is 0. The molecular formula is C12H7NO6S. The van der Waals surface area contributed by atoms with Gasteiger partial charge in [0.15, 0.2) is 0 Å². The SMILES string of the molecule is O=C1c2c(S(=O)(=O)O)cc3ccccc3c2C(=O)N1O. The highest BCUT2D eigenvalue weighted by Gasteiger charge is 2.41. The molecule has 0 atom stereocenters. The van der Waals surface area contributed by atoms with Crippen molar-refractivity contribution in [2.24, 2.45) is 0 Å². The second-order valence-electron chi connectivity index (χ2n) is 4.24. The van der Waals surface area contributed by atoms with Gasteiger partial charge in [0.25, 0.3) is 21.9 Å². The molecule has 102 valence electrons. The molecule has 0 radical (unpaired) electrons. The van der Waals surface area contributed by atoms with Gasteiger partial charge < -0.3 is 0 Å². The van der Waals surface area contributed by atoms with E-state index in [1.807, 2.05) is 0 Å². The molecule has 0 saturated carbocycles. The van der Waals surface area contributed by atoms with Crippen LogP contribution in [0.1, 0.15) is 20.7 Å². The van der Waals surface area contributed by atoms with E-state index < -0.39 is 32.4 Å². The fourth-order valence-electron chi connectivity index (χ4n) is 2.26. The number of hydroxylamine groups is 2. The first-order chi connectivity index (χ1) is 9.32. The van der Waals surface area contributed by atoms with Crippen molar-refractivity contribution < 1.29 is 27.8 Å². The monoisotopic (exact) mass is 293 g/mol. The van der Waals surface area contributed by atoms with Crippen LogP contribution < -0.4 is 0 Å². The third-order valence-corrected chi connectivity index (χ3v) is 3.98. The minimum Gasteiger partial charge on any atom is -0.282 e. The molecule has 8 heteroatoms. The number of benzene rings is 2. The highest BCUT2D eigenvalue weighted by molar-refractivity contribution is 7.86. The van der Waals surface area contributed by atoms with Crippen LogP contribution in [-0.2, 0) is 10.1 Å². The second kappa shape index (κ2) is 3.85. The zero-order valence-corrected chi connectivity index (χ0v) is 10.6. The number of nitrogens with zero attached hydrogens (tertiary/aromatic N) is 1. The summed E-state index contributed by atoms with van der Waals surface area (Å²) in [5.74, 6) is -2.20. The lowest BCUT2D eigenvalue weighted by Crippen LogP contribution is -2.25. The summed E-state index contributed by atoms with van der Waals surface area (Å²) < 4.78 is 32.0. The highest BCUT2D eigenvalue weighted by Crippen LogP contribution is 2.34. The third kappa shape index (κ3) is 1.56. The van der Waals surface area contributed by atoms with Crippen molar-refractivity contribution >= 4 is 32.7 Å². The van der Waals surface area contributed by atoms with Crippen LogP contribution in [-0.4, -0.2) is 35.1 Å². The van der Waals surface area contributed by atoms with Crippen LogP contribution in [0.25, 0.3) is 10.8 Å². The molecule has 0 spiro atoms. The number of fused-ring (bicyclic) bond motifs is 3. The number of amides is 2. The van der Waals surface area contributed by atoms with Crippen LogP contribution in [0.2, 0.25) is 0 Å². The molecule has 0 unspecified atom stereocenters. The molecule has 2 amide bonds. The van der Waals surface area contributed by atoms with Crippen LogP contribution in [0.3, 0.4) is 0 Å². The third-order valence-electron chi connectivity index (χ3n) is 3.10. The summed E-state index contributed by atoms with van der Waals surface area (Å²) in [4.78, 5) is 23.0. The molecule has 1 heterocycles. The fourth-order valence-corrected chi connectivity index (χ4v) is 2.99. The molecule has 0 saturated heterocycles. The van der Waals surface area contributed by atoms with Gasteiger partial charge in [-0.25, -0.2) is 0 Å². The Bertz CT molecular complexity index is 886. The van der Waals surface area contributed by atoms with Crippen molar-refractivity contribution in [3.63, 3.8) is 0 Å². The maximum Gasteiger partial charge on any atom is 0.295 e. The zero-order chi connectivity index (χ0) is 14.7. The van der Waals surface area contributed by atoms with Crippen LogP contribution in [0.4, 0.5) is 0 Å². The van der Waals surface area contributed by atoms with E-state index in [-0.39, 0.29) is 10.6 Å². The Balaban J connectivity index is 2.58. The predicted octanol–water partition coefficient (Wildman–Crippen LogP) is 1.07. The van der Waals surface area contributed by atoms with E-state index in [9.17, 15) is 27.8 Å². The molecule has 0 bridgehead atoms. The summed E-state index contributed by atoms with van der Waals surface area (Å²) in [5.41, 5.74) is -0.748. The van der Waals surface area contributed by atoms with Crippen LogP contribution >= 0.6 is 0 Å². The van der Waals surface area contributed by atoms with Gasteiger partial charge in [-0.15, -0.1) is 5.06 Å². The Morgan fingerprint density at radius 2 is 1.60 bits per heavy atom. The minimum absolute atomic E-state index is 0.161. The van der Waals surface area contributed by atoms with Crippen molar-refractivity contribution in [1.82, 2.24) is 5.06 Å². The lowest BCUT2D eigenvalue weighted by Gasteiger charge is -2.06. The number of hydrogen-bond donors (Lipinski definition) is 2. The maximum absolute atomic E-state index is 11.9. The molecule has 0 aromatic heterocycles. The Labute approximate surface area is 112 Å². The van der Waals surface area contributed by atoms with Gasteiger partial charge >= 0.3 is 0 Å². The number of hydrogen-bond acceptors (Lipinski definition) is 5. The lowest BCUT2D eigenvalue weighted by atomic mass is 10.0. The van der Waals surface area contributed by atoms with Gasteiger partial charge in [0.2, 0.25) is 0 Å². The first-order valence-corrected chi connectivity index (χ1v) is 6.87.